The first-order chi connectivity index (χ1) is 15.7. The fourth-order valence-corrected chi connectivity index (χ4v) is 3.16. The Morgan fingerprint density at radius 2 is 1.59 bits per heavy atom. The highest BCUT2D eigenvalue weighted by Crippen LogP contribution is 2.25. The number of nitrogens with zero attached hydrogens (tertiary/aromatic N) is 2. The van der Waals surface area contributed by atoms with Crippen LogP contribution in [0.15, 0.2) is 53.6 Å². The molecular formula is C23H29F2N5O2. The van der Waals surface area contributed by atoms with Gasteiger partial charge in [-0.3, -0.25) is 4.79 Å². The molecule has 1 fully saturated rings. The standard InChI is InChI=1S/C15H10F2N4O.C6H12.CH5N.CH2O/c16-12-8-19-15(21-17)20-13(12)10-4-1-3-9(7-10)11-5-2-6-18-14(11)22;1-2-4-6-5-3-1;2*1-2/h1-8H,(H,18,22)(H,19,20,21);1-6H2;2H2,1H3;1H2. The van der Waals surface area contributed by atoms with Crippen molar-refractivity contribution >= 4 is 12.7 Å². The van der Waals surface area contributed by atoms with E-state index in [1.54, 1.807) is 36.4 Å². The fourth-order valence-electron chi connectivity index (χ4n) is 3.16. The molecule has 1 aromatic carbocycles. The Morgan fingerprint density at radius 3 is 2.16 bits per heavy atom. The Bertz CT molecular complexity index is 982. The monoisotopic (exact) mass is 445 g/mol. The molecule has 2 heterocycles. The van der Waals surface area contributed by atoms with Gasteiger partial charge in [0.05, 0.1) is 6.20 Å². The molecule has 0 bridgehead atoms. The van der Waals surface area contributed by atoms with Crippen LogP contribution in [0, 0.1) is 5.82 Å². The van der Waals surface area contributed by atoms with E-state index in [1.165, 1.54) is 57.3 Å². The number of carbonyl (C=O) groups is 1. The second-order valence-electron chi connectivity index (χ2n) is 6.60. The molecular weight excluding hydrogens is 416 g/mol. The van der Waals surface area contributed by atoms with E-state index in [1.807, 2.05) is 6.79 Å². The van der Waals surface area contributed by atoms with Gasteiger partial charge in [-0.25, -0.2) is 14.4 Å². The summed E-state index contributed by atoms with van der Waals surface area (Å²) in [6.07, 6.45) is 11.4. The summed E-state index contributed by atoms with van der Waals surface area (Å²) in [6.45, 7) is 2.00. The Labute approximate surface area is 186 Å². The number of hydrogen-bond acceptors (Lipinski definition) is 6. The predicted octanol–water partition coefficient (Wildman–Crippen LogP) is 4.67. The van der Waals surface area contributed by atoms with Crippen LogP contribution in [0.2, 0.25) is 0 Å². The third-order valence-corrected chi connectivity index (χ3v) is 4.59. The van der Waals surface area contributed by atoms with Gasteiger partial charge in [-0.15, -0.1) is 4.48 Å². The van der Waals surface area contributed by atoms with E-state index >= 15 is 0 Å². The highest BCUT2D eigenvalue weighted by molar-refractivity contribution is 5.71. The van der Waals surface area contributed by atoms with Crippen LogP contribution >= 0.6 is 0 Å². The lowest BCUT2D eigenvalue weighted by atomic mass is 10.0. The Balaban J connectivity index is 0.000000432. The number of carbonyl (C=O) groups excluding carboxylic acids is 1. The van der Waals surface area contributed by atoms with Crippen LogP contribution in [0.25, 0.3) is 22.4 Å². The lowest BCUT2D eigenvalue weighted by Gasteiger charge is -2.06. The normalized spacial score (nSPS) is 12.0. The summed E-state index contributed by atoms with van der Waals surface area (Å²) in [6, 6.07) is 9.97. The summed E-state index contributed by atoms with van der Waals surface area (Å²) >= 11 is 0. The van der Waals surface area contributed by atoms with Crippen molar-refractivity contribution in [1.29, 1.82) is 0 Å². The third kappa shape index (κ3) is 7.99. The van der Waals surface area contributed by atoms with Crippen LogP contribution in [0.4, 0.5) is 14.8 Å². The zero-order chi connectivity index (χ0) is 23.8. The number of nitrogens with one attached hydrogen (secondary N) is 2. The van der Waals surface area contributed by atoms with Gasteiger partial charge in [-0.2, -0.15) is 5.54 Å². The first-order valence-electron chi connectivity index (χ1n) is 10.2. The molecule has 1 aliphatic rings. The molecule has 4 rings (SSSR count). The predicted molar refractivity (Wildman–Crippen MR) is 123 cm³/mol. The molecule has 0 atom stereocenters. The van der Waals surface area contributed by atoms with Crippen molar-refractivity contribution in [1.82, 2.24) is 15.0 Å². The van der Waals surface area contributed by atoms with Crippen LogP contribution < -0.4 is 16.8 Å². The summed E-state index contributed by atoms with van der Waals surface area (Å²) < 4.78 is 26.3. The average molecular weight is 446 g/mol. The van der Waals surface area contributed by atoms with E-state index in [0.717, 1.165) is 6.20 Å². The molecule has 0 amide bonds. The first kappa shape index (κ1) is 26.6. The largest absolute Gasteiger partial charge is 0.333 e. The Hall–Kier alpha value is -3.46. The number of nitrogens with two attached hydrogens (primary N) is 1. The van der Waals surface area contributed by atoms with E-state index in [0.29, 0.717) is 16.7 Å². The maximum Gasteiger partial charge on any atom is 0.255 e. The molecule has 0 spiro atoms. The summed E-state index contributed by atoms with van der Waals surface area (Å²) in [5.41, 5.74) is 6.93. The number of rotatable bonds is 3. The van der Waals surface area contributed by atoms with E-state index in [-0.39, 0.29) is 17.2 Å². The minimum Gasteiger partial charge on any atom is -0.333 e. The van der Waals surface area contributed by atoms with Gasteiger partial charge in [0.25, 0.3) is 11.5 Å². The quantitative estimate of drug-likeness (QED) is 0.505. The number of pyridine rings is 1. The van der Waals surface area contributed by atoms with Crippen molar-refractivity contribution in [3.8, 4) is 22.4 Å². The summed E-state index contributed by atoms with van der Waals surface area (Å²) in [7, 11) is 1.50. The van der Waals surface area contributed by atoms with E-state index in [9.17, 15) is 13.7 Å². The first-order valence-corrected chi connectivity index (χ1v) is 10.2. The maximum atomic E-state index is 13.9. The van der Waals surface area contributed by atoms with Crippen molar-refractivity contribution in [2.45, 2.75) is 38.5 Å². The van der Waals surface area contributed by atoms with Crippen LogP contribution in [-0.2, 0) is 4.79 Å². The van der Waals surface area contributed by atoms with Gasteiger partial charge in [0.1, 0.15) is 12.5 Å². The molecule has 9 heteroatoms. The van der Waals surface area contributed by atoms with Crippen LogP contribution in [-0.4, -0.2) is 28.8 Å². The van der Waals surface area contributed by atoms with E-state index in [2.05, 4.69) is 20.7 Å². The summed E-state index contributed by atoms with van der Waals surface area (Å²) in [5, 5.41) is 0. The van der Waals surface area contributed by atoms with Crippen LogP contribution in [0.5, 0.6) is 0 Å². The maximum absolute atomic E-state index is 13.9. The minimum atomic E-state index is -0.682. The lowest BCUT2D eigenvalue weighted by molar-refractivity contribution is -0.0979. The molecule has 4 N–H and O–H groups in total. The van der Waals surface area contributed by atoms with Gasteiger partial charge < -0.3 is 15.5 Å². The SMILES string of the molecule is C1CCCCC1.C=O.CN.O=c1[nH]cccc1-c1cccc(-c2nc(NF)ncc2F)c1. The summed E-state index contributed by atoms with van der Waals surface area (Å²) in [4.78, 5) is 29.6. The number of hydrogen-bond donors (Lipinski definition) is 3. The van der Waals surface area contributed by atoms with Crippen molar-refractivity contribution in [2.24, 2.45) is 5.73 Å². The smallest absolute Gasteiger partial charge is 0.255 e. The molecule has 172 valence electrons. The molecule has 1 aliphatic carbocycles. The van der Waals surface area contributed by atoms with Gasteiger partial charge >= 0.3 is 0 Å². The number of aromatic nitrogens is 3. The van der Waals surface area contributed by atoms with Gasteiger partial charge in [-0.05, 0) is 30.8 Å². The van der Waals surface area contributed by atoms with Gasteiger partial charge in [-0.1, -0.05) is 56.7 Å². The number of H-pyrrole nitrogens is 1. The number of benzene rings is 1. The van der Waals surface area contributed by atoms with Gasteiger partial charge in [0.2, 0.25) is 0 Å². The zero-order valence-corrected chi connectivity index (χ0v) is 18.1. The Kier molecular flexibility index (Phi) is 12.8. The Morgan fingerprint density at radius 1 is 1.00 bits per heavy atom. The minimum absolute atomic E-state index is 0.0515. The second-order valence-corrected chi connectivity index (χ2v) is 6.60. The van der Waals surface area contributed by atoms with Crippen LogP contribution in [0.3, 0.4) is 0 Å². The van der Waals surface area contributed by atoms with Crippen molar-refractivity contribution in [3.05, 3.63) is 65.0 Å². The molecule has 0 unspecified atom stereocenters. The molecule has 0 saturated heterocycles. The average Bonchev–Trinajstić information content (AvgIpc) is 2.88. The highest BCUT2D eigenvalue weighted by atomic mass is 19.2. The second kappa shape index (κ2) is 15.4. The molecule has 32 heavy (non-hydrogen) atoms. The van der Waals surface area contributed by atoms with Gasteiger partial charge in [0, 0.05) is 17.3 Å². The molecule has 0 radical (unpaired) electrons. The lowest BCUT2D eigenvalue weighted by Crippen LogP contribution is -2.06. The van der Waals surface area contributed by atoms with Gasteiger partial charge in [0.15, 0.2) is 5.82 Å². The third-order valence-electron chi connectivity index (χ3n) is 4.59. The number of aromatic amines is 1. The molecule has 3 aromatic rings. The molecule has 7 nitrogen and oxygen atoms in total. The van der Waals surface area contributed by atoms with Crippen molar-refractivity contribution < 1.29 is 13.7 Å². The number of anilines is 1. The van der Waals surface area contributed by atoms with Crippen molar-refractivity contribution in [3.63, 3.8) is 0 Å². The zero-order valence-electron chi connectivity index (χ0n) is 18.1. The fraction of sp³-hybridized carbons (Fsp3) is 0.304. The van der Waals surface area contributed by atoms with E-state index in [4.69, 9.17) is 4.79 Å². The molecule has 0 aliphatic heterocycles. The van der Waals surface area contributed by atoms with E-state index < -0.39 is 5.82 Å². The highest BCUT2D eigenvalue weighted by Gasteiger charge is 2.11. The summed E-state index contributed by atoms with van der Waals surface area (Å²) in [5.74, 6) is -1.02. The van der Waals surface area contributed by atoms with Crippen LogP contribution in [0.1, 0.15) is 38.5 Å². The topological polar surface area (TPSA) is 114 Å². The molecule has 2 aromatic heterocycles. The number of halogens is 2. The molecule has 1 saturated carbocycles. The van der Waals surface area contributed by atoms with Crippen molar-refractivity contribution in [2.75, 3.05) is 12.6 Å².